The predicted molar refractivity (Wildman–Crippen MR) is 72.5 cm³/mol. The Bertz CT molecular complexity index is 477. The van der Waals surface area contributed by atoms with Gasteiger partial charge in [0.2, 0.25) is 0 Å². The molecule has 1 aromatic rings. The zero-order valence-corrected chi connectivity index (χ0v) is 11.1. The number of ether oxygens (including phenoxy) is 1. The lowest BCUT2D eigenvalue weighted by Gasteiger charge is -2.15. The van der Waals surface area contributed by atoms with Crippen molar-refractivity contribution in [1.29, 1.82) is 0 Å². The van der Waals surface area contributed by atoms with E-state index >= 15 is 0 Å². The first-order valence-electron chi connectivity index (χ1n) is 6.24. The molecule has 0 heterocycles. The first-order chi connectivity index (χ1) is 9.04. The van der Waals surface area contributed by atoms with Crippen LogP contribution >= 0.6 is 0 Å². The van der Waals surface area contributed by atoms with Crippen LogP contribution in [0.5, 0.6) is 0 Å². The third-order valence-corrected chi connectivity index (χ3v) is 2.60. The van der Waals surface area contributed by atoms with E-state index in [0.29, 0.717) is 6.42 Å². The van der Waals surface area contributed by atoms with E-state index in [0.717, 1.165) is 23.6 Å². The van der Waals surface area contributed by atoms with Crippen LogP contribution in [0.15, 0.2) is 30.3 Å². The highest BCUT2D eigenvalue weighted by Crippen LogP contribution is 2.22. The molecule has 1 unspecified atom stereocenters. The van der Waals surface area contributed by atoms with Crippen LogP contribution in [0.4, 0.5) is 0 Å². The Hall–Kier alpha value is -2.10. The van der Waals surface area contributed by atoms with Gasteiger partial charge in [0.05, 0.1) is 0 Å². The molecule has 0 saturated heterocycles. The van der Waals surface area contributed by atoms with Gasteiger partial charge < -0.3 is 9.84 Å². The molecular weight excluding hydrogens is 244 g/mol. The Morgan fingerprint density at radius 1 is 1.37 bits per heavy atom. The molecule has 1 aromatic carbocycles. The van der Waals surface area contributed by atoms with Gasteiger partial charge >= 0.3 is 11.9 Å². The van der Waals surface area contributed by atoms with E-state index in [2.05, 4.69) is 0 Å². The molecule has 1 rings (SSSR count). The van der Waals surface area contributed by atoms with Gasteiger partial charge in [0.1, 0.15) is 6.10 Å². The molecule has 1 atom stereocenters. The highest BCUT2D eigenvalue weighted by atomic mass is 16.5. The Kier molecular flexibility index (Phi) is 5.79. The van der Waals surface area contributed by atoms with Crippen molar-refractivity contribution in [2.24, 2.45) is 0 Å². The summed E-state index contributed by atoms with van der Waals surface area (Å²) in [5.74, 6) is -1.25. The normalized spacial score (nSPS) is 12.3. The van der Waals surface area contributed by atoms with E-state index < -0.39 is 12.1 Å². The lowest BCUT2D eigenvalue weighted by Crippen LogP contribution is -2.09. The van der Waals surface area contributed by atoms with Crippen LogP contribution in [0.25, 0.3) is 6.08 Å². The number of carbonyl (C=O) groups excluding carboxylic acids is 1. The van der Waals surface area contributed by atoms with Crippen molar-refractivity contribution in [3.8, 4) is 0 Å². The third kappa shape index (κ3) is 4.95. The van der Waals surface area contributed by atoms with Gasteiger partial charge in [-0.2, -0.15) is 0 Å². The predicted octanol–water partition coefficient (Wildman–Crippen LogP) is 3.19. The Labute approximate surface area is 112 Å². The van der Waals surface area contributed by atoms with Gasteiger partial charge in [0.25, 0.3) is 0 Å². The third-order valence-electron chi connectivity index (χ3n) is 2.60. The summed E-state index contributed by atoms with van der Waals surface area (Å²) in [6.07, 6.45) is 3.30. The van der Waals surface area contributed by atoms with Crippen molar-refractivity contribution in [2.75, 3.05) is 0 Å². The summed E-state index contributed by atoms with van der Waals surface area (Å²) in [7, 11) is 0. The van der Waals surface area contributed by atoms with Crippen molar-refractivity contribution >= 4 is 18.0 Å². The summed E-state index contributed by atoms with van der Waals surface area (Å²) in [6, 6.07) is 7.26. The minimum Gasteiger partial charge on any atom is -0.478 e. The molecule has 0 aliphatic rings. The highest BCUT2D eigenvalue weighted by Gasteiger charge is 2.13. The number of benzene rings is 1. The summed E-state index contributed by atoms with van der Waals surface area (Å²) in [6.45, 7) is 3.69. The van der Waals surface area contributed by atoms with Gasteiger partial charge in [0, 0.05) is 12.5 Å². The Morgan fingerprint density at radius 3 is 2.68 bits per heavy atom. The average Bonchev–Trinajstić information content (AvgIpc) is 2.36. The number of hydrogen-bond acceptors (Lipinski definition) is 3. The van der Waals surface area contributed by atoms with Crippen LogP contribution in [0.3, 0.4) is 0 Å². The number of esters is 1. The minimum atomic E-state index is -1.01. The molecule has 0 spiro atoms. The zero-order chi connectivity index (χ0) is 14.3. The fourth-order valence-electron chi connectivity index (χ4n) is 1.72. The minimum absolute atomic E-state index is 0.244. The molecule has 0 fully saturated rings. The molecule has 19 heavy (non-hydrogen) atoms. The summed E-state index contributed by atoms with van der Waals surface area (Å²) < 4.78 is 5.30. The fraction of sp³-hybridized carbons (Fsp3) is 0.333. The molecule has 0 aromatic heterocycles. The lowest BCUT2D eigenvalue weighted by atomic mass is 10.0. The van der Waals surface area contributed by atoms with Crippen LogP contribution < -0.4 is 0 Å². The van der Waals surface area contributed by atoms with Crippen molar-refractivity contribution < 1.29 is 19.4 Å². The first kappa shape index (κ1) is 15.0. The quantitative estimate of drug-likeness (QED) is 0.631. The smallest absolute Gasteiger partial charge is 0.328 e. The SMILES string of the molecule is CCCC(=O)OC(C)c1ccccc1/C=C/C(=O)O. The van der Waals surface area contributed by atoms with Crippen LogP contribution in [-0.2, 0) is 14.3 Å². The monoisotopic (exact) mass is 262 g/mol. The molecular formula is C15H18O4. The number of carbonyl (C=O) groups is 2. The Balaban J connectivity index is 2.87. The van der Waals surface area contributed by atoms with E-state index in [4.69, 9.17) is 9.84 Å². The number of carboxylic acids is 1. The molecule has 102 valence electrons. The maximum atomic E-state index is 11.5. The van der Waals surface area contributed by atoms with Gasteiger partial charge in [-0.3, -0.25) is 4.79 Å². The second-order valence-corrected chi connectivity index (χ2v) is 4.18. The summed E-state index contributed by atoms with van der Waals surface area (Å²) in [5, 5.41) is 8.65. The van der Waals surface area contributed by atoms with E-state index in [1.54, 1.807) is 13.0 Å². The van der Waals surface area contributed by atoms with E-state index in [1.165, 1.54) is 6.08 Å². The molecule has 0 radical (unpaired) electrons. The van der Waals surface area contributed by atoms with Crippen LogP contribution in [-0.4, -0.2) is 17.0 Å². The molecule has 4 heteroatoms. The molecule has 0 amide bonds. The lowest BCUT2D eigenvalue weighted by molar-refractivity contribution is -0.148. The first-order valence-corrected chi connectivity index (χ1v) is 6.24. The van der Waals surface area contributed by atoms with Crippen molar-refractivity contribution in [2.45, 2.75) is 32.8 Å². The summed E-state index contributed by atoms with van der Waals surface area (Å²) in [5.41, 5.74) is 1.53. The van der Waals surface area contributed by atoms with Crippen LogP contribution in [0.1, 0.15) is 43.9 Å². The van der Waals surface area contributed by atoms with Crippen molar-refractivity contribution in [3.05, 3.63) is 41.5 Å². The van der Waals surface area contributed by atoms with Crippen LogP contribution in [0.2, 0.25) is 0 Å². The van der Waals surface area contributed by atoms with Gasteiger partial charge in [0.15, 0.2) is 0 Å². The van der Waals surface area contributed by atoms with Gasteiger partial charge in [-0.1, -0.05) is 31.2 Å². The largest absolute Gasteiger partial charge is 0.478 e. The second kappa shape index (κ2) is 7.36. The van der Waals surface area contributed by atoms with Gasteiger partial charge in [-0.05, 0) is 30.5 Å². The standard InChI is InChI=1S/C15H18O4/c1-3-6-15(18)19-11(2)13-8-5-4-7-12(13)9-10-14(16)17/h4-5,7-11H,3,6H2,1-2H3,(H,16,17)/b10-9+. The second-order valence-electron chi connectivity index (χ2n) is 4.18. The number of hydrogen-bond donors (Lipinski definition) is 1. The number of carboxylic acid groups (broad SMARTS) is 1. The maximum Gasteiger partial charge on any atom is 0.328 e. The molecule has 1 N–H and O–H groups in total. The molecule has 0 aliphatic carbocycles. The zero-order valence-electron chi connectivity index (χ0n) is 11.1. The van der Waals surface area contributed by atoms with E-state index in [1.807, 2.05) is 25.1 Å². The maximum absolute atomic E-state index is 11.5. The van der Waals surface area contributed by atoms with Gasteiger partial charge in [-0.15, -0.1) is 0 Å². The molecule has 4 nitrogen and oxygen atoms in total. The molecule has 0 saturated carbocycles. The van der Waals surface area contributed by atoms with Crippen LogP contribution in [0, 0.1) is 0 Å². The topological polar surface area (TPSA) is 63.6 Å². The highest BCUT2D eigenvalue weighted by molar-refractivity contribution is 5.85. The number of aliphatic carboxylic acids is 1. The summed E-state index contributed by atoms with van der Waals surface area (Å²) >= 11 is 0. The van der Waals surface area contributed by atoms with Gasteiger partial charge in [-0.25, -0.2) is 4.79 Å². The van der Waals surface area contributed by atoms with E-state index in [-0.39, 0.29) is 5.97 Å². The average molecular weight is 262 g/mol. The van der Waals surface area contributed by atoms with Crippen molar-refractivity contribution in [1.82, 2.24) is 0 Å². The fourth-order valence-corrected chi connectivity index (χ4v) is 1.72. The molecule has 0 aliphatic heterocycles. The summed E-state index contributed by atoms with van der Waals surface area (Å²) in [4.78, 5) is 22.0. The molecule has 0 bridgehead atoms. The Morgan fingerprint density at radius 2 is 2.05 bits per heavy atom. The van der Waals surface area contributed by atoms with Crippen molar-refractivity contribution in [3.63, 3.8) is 0 Å². The van der Waals surface area contributed by atoms with E-state index in [9.17, 15) is 9.59 Å². The number of rotatable bonds is 6.